The van der Waals surface area contributed by atoms with Crippen LogP contribution in [0.1, 0.15) is 30.7 Å². The highest BCUT2D eigenvalue weighted by atomic mass is 32.1. The van der Waals surface area contributed by atoms with Crippen molar-refractivity contribution in [2.24, 2.45) is 0 Å². The Labute approximate surface area is 137 Å². The Hall–Kier alpha value is -1.79. The summed E-state index contributed by atoms with van der Waals surface area (Å²) >= 11 is 1.70. The number of hydrogen-bond acceptors (Lipinski definition) is 3. The highest BCUT2D eigenvalue weighted by Crippen LogP contribution is 2.36. The molecule has 122 valence electrons. The molecule has 1 fully saturated rings. The van der Waals surface area contributed by atoms with Gasteiger partial charge in [-0.25, -0.2) is 8.78 Å². The molecule has 1 aromatic carbocycles. The van der Waals surface area contributed by atoms with Crippen LogP contribution >= 0.6 is 11.3 Å². The van der Waals surface area contributed by atoms with Crippen LogP contribution in [0.5, 0.6) is 0 Å². The van der Waals surface area contributed by atoms with E-state index < -0.39 is 11.6 Å². The minimum Gasteiger partial charge on any atom is -0.325 e. The first-order valence-corrected chi connectivity index (χ1v) is 8.49. The molecule has 0 bridgehead atoms. The molecule has 1 aliphatic heterocycles. The molecule has 1 saturated heterocycles. The molecule has 0 saturated carbocycles. The second kappa shape index (κ2) is 6.76. The largest absolute Gasteiger partial charge is 0.325 e. The Kier molecular flexibility index (Phi) is 4.73. The summed E-state index contributed by atoms with van der Waals surface area (Å²) in [7, 11) is 0. The van der Waals surface area contributed by atoms with Gasteiger partial charge in [-0.2, -0.15) is 0 Å². The molecule has 1 aromatic heterocycles. The fraction of sp³-hybridized carbons (Fsp3) is 0.353. The average molecular weight is 336 g/mol. The molecule has 6 heteroatoms. The maximum absolute atomic E-state index is 13.2. The van der Waals surface area contributed by atoms with Crippen LogP contribution in [-0.2, 0) is 4.79 Å². The van der Waals surface area contributed by atoms with Crippen LogP contribution in [0, 0.1) is 11.6 Å². The van der Waals surface area contributed by atoms with Gasteiger partial charge >= 0.3 is 0 Å². The smallest absolute Gasteiger partial charge is 0.241 e. The molecule has 0 radical (unpaired) electrons. The van der Waals surface area contributed by atoms with Crippen LogP contribution in [-0.4, -0.2) is 23.4 Å². The number of likely N-dealkylation sites (tertiary alicyclic amines) is 1. The zero-order valence-electron chi connectivity index (χ0n) is 12.8. The number of carbonyl (C=O) groups is 1. The molecule has 1 amide bonds. The number of rotatable bonds is 4. The van der Waals surface area contributed by atoms with Gasteiger partial charge in [0.05, 0.1) is 6.04 Å². The Morgan fingerprint density at radius 1 is 1.35 bits per heavy atom. The van der Waals surface area contributed by atoms with Gasteiger partial charge in [0.15, 0.2) is 11.6 Å². The van der Waals surface area contributed by atoms with Gasteiger partial charge in [-0.15, -0.1) is 11.3 Å². The van der Waals surface area contributed by atoms with E-state index in [1.807, 2.05) is 18.4 Å². The molecule has 1 N–H and O–H groups in total. The topological polar surface area (TPSA) is 32.3 Å². The van der Waals surface area contributed by atoms with E-state index in [4.69, 9.17) is 0 Å². The van der Waals surface area contributed by atoms with Gasteiger partial charge in [0.25, 0.3) is 0 Å². The number of benzene rings is 1. The predicted octanol–water partition coefficient (Wildman–Crippen LogP) is 4.19. The second-order valence-corrected chi connectivity index (χ2v) is 6.68. The van der Waals surface area contributed by atoms with Crippen molar-refractivity contribution in [3.8, 4) is 0 Å². The normalized spacial score (nSPS) is 19.7. The Balaban J connectivity index is 1.70. The number of carbonyl (C=O) groups excluding carboxylic acids is 1. The second-order valence-electron chi connectivity index (χ2n) is 5.71. The van der Waals surface area contributed by atoms with E-state index in [1.54, 1.807) is 11.3 Å². The lowest BCUT2D eigenvalue weighted by Gasteiger charge is -2.29. The van der Waals surface area contributed by atoms with Crippen molar-refractivity contribution < 1.29 is 13.6 Å². The van der Waals surface area contributed by atoms with Crippen molar-refractivity contribution in [1.82, 2.24) is 4.90 Å². The van der Waals surface area contributed by atoms with Gasteiger partial charge in [-0.3, -0.25) is 9.69 Å². The summed E-state index contributed by atoms with van der Waals surface area (Å²) in [5.74, 6) is -2.10. The molecular weight excluding hydrogens is 318 g/mol. The molecule has 2 aromatic rings. The standard InChI is InChI=1S/C17H18F2N2OS/c1-11(17(22)20-12-6-7-13(18)14(19)10-12)21-8-2-4-15(21)16-5-3-9-23-16/h3,5-7,9-11,15H,2,4,8H2,1H3,(H,20,22). The molecule has 2 atom stereocenters. The summed E-state index contributed by atoms with van der Waals surface area (Å²) in [6.07, 6.45) is 2.08. The number of nitrogens with one attached hydrogen (secondary N) is 1. The highest BCUT2D eigenvalue weighted by molar-refractivity contribution is 7.10. The van der Waals surface area contributed by atoms with Crippen LogP contribution in [0.15, 0.2) is 35.7 Å². The highest BCUT2D eigenvalue weighted by Gasteiger charge is 2.33. The summed E-state index contributed by atoms with van der Waals surface area (Å²) in [4.78, 5) is 15.9. The monoisotopic (exact) mass is 336 g/mol. The Morgan fingerprint density at radius 3 is 2.87 bits per heavy atom. The number of nitrogens with zero attached hydrogens (tertiary/aromatic N) is 1. The molecule has 0 aliphatic carbocycles. The Morgan fingerprint density at radius 2 is 2.17 bits per heavy atom. The summed E-state index contributed by atoms with van der Waals surface area (Å²) in [5.41, 5.74) is 0.271. The van der Waals surface area contributed by atoms with Crippen molar-refractivity contribution in [3.63, 3.8) is 0 Å². The lowest BCUT2D eigenvalue weighted by atomic mass is 10.1. The van der Waals surface area contributed by atoms with Crippen LogP contribution in [0.2, 0.25) is 0 Å². The zero-order chi connectivity index (χ0) is 16.4. The molecule has 1 aliphatic rings. The SMILES string of the molecule is CC(C(=O)Nc1ccc(F)c(F)c1)N1CCCC1c1cccs1. The third-order valence-corrected chi connectivity index (χ3v) is 5.20. The summed E-state index contributed by atoms with van der Waals surface area (Å²) in [6.45, 7) is 2.70. The minimum absolute atomic E-state index is 0.209. The Bertz CT molecular complexity index is 690. The number of hydrogen-bond donors (Lipinski definition) is 1. The maximum atomic E-state index is 13.2. The van der Waals surface area contributed by atoms with E-state index in [1.165, 1.54) is 10.9 Å². The van der Waals surface area contributed by atoms with Gasteiger partial charge in [0, 0.05) is 22.7 Å². The number of halogens is 2. The summed E-state index contributed by atoms with van der Waals surface area (Å²) in [5, 5.41) is 4.71. The van der Waals surface area contributed by atoms with E-state index in [2.05, 4.69) is 16.3 Å². The molecule has 2 heterocycles. The van der Waals surface area contributed by atoms with Crippen molar-refractivity contribution in [2.75, 3.05) is 11.9 Å². The van der Waals surface area contributed by atoms with Gasteiger partial charge < -0.3 is 5.32 Å². The number of amides is 1. The zero-order valence-corrected chi connectivity index (χ0v) is 13.6. The van der Waals surface area contributed by atoms with Crippen molar-refractivity contribution in [1.29, 1.82) is 0 Å². The lowest BCUT2D eigenvalue weighted by molar-refractivity contribution is -0.121. The molecular formula is C17H18F2N2OS. The van der Waals surface area contributed by atoms with Gasteiger partial charge in [-0.1, -0.05) is 6.07 Å². The third-order valence-electron chi connectivity index (χ3n) is 4.23. The molecule has 3 rings (SSSR count). The number of thiophene rings is 1. The minimum atomic E-state index is -0.965. The first-order valence-electron chi connectivity index (χ1n) is 7.61. The van der Waals surface area contributed by atoms with Crippen molar-refractivity contribution >= 4 is 22.9 Å². The lowest BCUT2D eigenvalue weighted by Crippen LogP contribution is -2.41. The first kappa shape index (κ1) is 16.1. The van der Waals surface area contributed by atoms with Crippen LogP contribution < -0.4 is 5.32 Å². The average Bonchev–Trinajstić information content (AvgIpc) is 3.20. The maximum Gasteiger partial charge on any atom is 0.241 e. The third kappa shape index (κ3) is 3.43. The van der Waals surface area contributed by atoms with Gasteiger partial charge in [0.1, 0.15) is 0 Å². The van der Waals surface area contributed by atoms with E-state index in [0.29, 0.717) is 0 Å². The van der Waals surface area contributed by atoms with Crippen molar-refractivity contribution in [3.05, 3.63) is 52.2 Å². The van der Waals surface area contributed by atoms with E-state index in [0.717, 1.165) is 31.5 Å². The fourth-order valence-electron chi connectivity index (χ4n) is 3.01. The quantitative estimate of drug-likeness (QED) is 0.908. The molecule has 3 nitrogen and oxygen atoms in total. The van der Waals surface area contributed by atoms with Crippen LogP contribution in [0.3, 0.4) is 0 Å². The molecule has 23 heavy (non-hydrogen) atoms. The summed E-state index contributed by atoms with van der Waals surface area (Å²) in [6, 6.07) is 7.40. The number of anilines is 1. The predicted molar refractivity (Wildman–Crippen MR) is 87.4 cm³/mol. The fourth-order valence-corrected chi connectivity index (χ4v) is 3.89. The first-order chi connectivity index (χ1) is 11.1. The van der Waals surface area contributed by atoms with E-state index in [-0.39, 0.29) is 23.7 Å². The van der Waals surface area contributed by atoms with E-state index >= 15 is 0 Å². The van der Waals surface area contributed by atoms with Crippen LogP contribution in [0.25, 0.3) is 0 Å². The van der Waals surface area contributed by atoms with Gasteiger partial charge in [0.2, 0.25) is 5.91 Å². The van der Waals surface area contributed by atoms with Crippen molar-refractivity contribution in [2.45, 2.75) is 31.8 Å². The van der Waals surface area contributed by atoms with E-state index in [9.17, 15) is 13.6 Å². The summed E-state index contributed by atoms with van der Waals surface area (Å²) < 4.78 is 26.2. The van der Waals surface area contributed by atoms with Crippen LogP contribution in [0.4, 0.5) is 14.5 Å². The molecule has 2 unspecified atom stereocenters. The molecule has 0 spiro atoms. The van der Waals surface area contributed by atoms with Gasteiger partial charge in [-0.05, 0) is 49.9 Å².